The minimum absolute atomic E-state index is 0.278. The molecule has 1 aliphatic heterocycles. The molecule has 3 rings (SSSR count). The number of hydrogen-bond acceptors (Lipinski definition) is 3. The zero-order valence-electron chi connectivity index (χ0n) is 17.9. The molecule has 0 spiro atoms. The number of unbranched alkanes of at least 4 members (excludes halogenated alkanes) is 1. The van der Waals surface area contributed by atoms with E-state index in [0.29, 0.717) is 25.4 Å². The van der Waals surface area contributed by atoms with Crippen LogP contribution in [0.1, 0.15) is 62.0 Å². The molecule has 0 saturated carbocycles. The van der Waals surface area contributed by atoms with Crippen LogP contribution in [-0.4, -0.2) is 26.2 Å². The summed E-state index contributed by atoms with van der Waals surface area (Å²) in [6.07, 6.45) is 3.20. The van der Waals surface area contributed by atoms with E-state index in [0.717, 1.165) is 17.5 Å². The van der Waals surface area contributed by atoms with Crippen LogP contribution in [-0.2, 0) is 14.1 Å². The second-order valence-electron chi connectivity index (χ2n) is 8.37. The maximum atomic E-state index is 13.7. The van der Waals surface area contributed by atoms with Crippen LogP contribution in [0.5, 0.6) is 0 Å². The molecule has 2 atom stereocenters. The summed E-state index contributed by atoms with van der Waals surface area (Å²) in [5.74, 6) is 0. The summed E-state index contributed by atoms with van der Waals surface area (Å²) >= 11 is 0. The Kier molecular flexibility index (Phi) is 6.90. The fourth-order valence-corrected chi connectivity index (χ4v) is 16.0. The van der Waals surface area contributed by atoms with Gasteiger partial charge in [-0.15, -0.1) is 0 Å². The Morgan fingerprint density at radius 3 is 1.71 bits per heavy atom. The molecule has 0 amide bonds. The Bertz CT molecular complexity index is 931. The minimum atomic E-state index is -5.76. The number of hydrogen-bond donors (Lipinski definition) is 0. The van der Waals surface area contributed by atoms with Crippen molar-refractivity contribution < 1.29 is 25.6 Å². The molecular formula is C23H30F3O3PS. The van der Waals surface area contributed by atoms with Gasteiger partial charge in [0.25, 0.3) is 0 Å². The molecule has 0 aromatic heterocycles. The predicted octanol–water partition coefficient (Wildman–Crippen LogP) is 7.42. The molecule has 1 saturated heterocycles. The topological polar surface area (TPSA) is 43.4 Å². The maximum absolute atomic E-state index is 13.7. The van der Waals surface area contributed by atoms with Gasteiger partial charge in [-0.05, 0) is 0 Å². The van der Waals surface area contributed by atoms with E-state index in [1.165, 1.54) is 0 Å². The molecule has 1 heterocycles. The Morgan fingerprint density at radius 2 is 1.35 bits per heavy atom. The van der Waals surface area contributed by atoms with E-state index in [9.17, 15) is 21.6 Å². The quantitative estimate of drug-likeness (QED) is 0.295. The fourth-order valence-electron chi connectivity index (χ4n) is 5.47. The van der Waals surface area contributed by atoms with E-state index in [1.807, 2.05) is 74.5 Å². The molecule has 31 heavy (non-hydrogen) atoms. The van der Waals surface area contributed by atoms with Crippen LogP contribution in [0.2, 0.25) is 0 Å². The van der Waals surface area contributed by atoms with Crippen LogP contribution in [0.15, 0.2) is 60.7 Å². The first-order valence-electron chi connectivity index (χ1n) is 10.7. The Morgan fingerprint density at radius 1 is 0.903 bits per heavy atom. The van der Waals surface area contributed by atoms with Crippen molar-refractivity contribution in [3.8, 4) is 0 Å². The third kappa shape index (κ3) is 4.17. The van der Waals surface area contributed by atoms with Crippen molar-refractivity contribution in [1.82, 2.24) is 0 Å². The number of rotatable bonds is 8. The Labute approximate surface area is 183 Å². The predicted molar refractivity (Wildman–Crippen MR) is 121 cm³/mol. The van der Waals surface area contributed by atoms with Gasteiger partial charge in [-0.1, -0.05) is 0 Å². The molecule has 8 heteroatoms. The average molecular weight is 475 g/mol. The summed E-state index contributed by atoms with van der Waals surface area (Å²) in [4.78, 5) is 0. The van der Waals surface area contributed by atoms with Crippen LogP contribution >= 0.6 is 6.83 Å². The van der Waals surface area contributed by atoms with Gasteiger partial charge in [0, 0.05) is 0 Å². The second kappa shape index (κ2) is 8.84. The molecule has 3 nitrogen and oxygen atoms in total. The second-order valence-corrected chi connectivity index (χ2v) is 15.8. The van der Waals surface area contributed by atoms with Gasteiger partial charge in [0.1, 0.15) is 0 Å². The van der Waals surface area contributed by atoms with Gasteiger partial charge in [-0.3, -0.25) is 0 Å². The first-order valence-corrected chi connectivity index (χ1v) is 14.8. The first-order chi connectivity index (χ1) is 14.6. The normalized spacial score (nSPS) is 24.4. The fraction of sp³-hybridized carbons (Fsp3) is 0.478. The van der Waals surface area contributed by atoms with Gasteiger partial charge in [-0.2, -0.15) is 0 Å². The van der Waals surface area contributed by atoms with Gasteiger partial charge in [0.15, 0.2) is 0 Å². The van der Waals surface area contributed by atoms with Crippen molar-refractivity contribution in [2.75, 3.05) is 12.3 Å². The molecule has 1 fully saturated rings. The molecule has 2 aromatic carbocycles. The number of halogens is 3. The molecule has 172 valence electrons. The van der Waals surface area contributed by atoms with E-state index in [1.54, 1.807) is 0 Å². The summed E-state index contributed by atoms with van der Waals surface area (Å²) < 4.78 is 71.8. The third-order valence-electron chi connectivity index (χ3n) is 6.89. The van der Waals surface area contributed by atoms with E-state index in [-0.39, 0.29) is 17.5 Å². The van der Waals surface area contributed by atoms with Gasteiger partial charge >= 0.3 is 183 Å². The van der Waals surface area contributed by atoms with Crippen LogP contribution < -0.4 is 0 Å². The zero-order chi connectivity index (χ0) is 22.8. The number of alkyl halides is 3. The zero-order valence-corrected chi connectivity index (χ0v) is 19.6. The standard InChI is InChI=1S/C23H30F3O3PS/c1-3-5-18-30(4-2,29-31(27,28)23(24,25)26)21(19-12-8-6-9-13-19)16-17-22(30)20-14-10-7-11-15-20/h6-15,21-22H,3-5,16-18H2,1-2H3/t21-,22-/m0/s1. The van der Waals surface area contributed by atoms with Crippen molar-refractivity contribution in [1.29, 1.82) is 0 Å². The summed E-state index contributed by atoms with van der Waals surface area (Å²) in [5.41, 5.74) is -4.43. The van der Waals surface area contributed by atoms with E-state index >= 15 is 0 Å². The first kappa shape index (κ1) is 24.2. The van der Waals surface area contributed by atoms with Gasteiger partial charge in [0.05, 0.1) is 0 Å². The Balaban J connectivity index is 2.32. The van der Waals surface area contributed by atoms with Crippen LogP contribution in [0.3, 0.4) is 0 Å². The van der Waals surface area contributed by atoms with Crippen molar-refractivity contribution in [2.24, 2.45) is 0 Å². The van der Waals surface area contributed by atoms with Crippen molar-refractivity contribution in [2.45, 2.75) is 56.4 Å². The van der Waals surface area contributed by atoms with Crippen molar-refractivity contribution >= 4 is 16.9 Å². The summed E-state index contributed by atoms with van der Waals surface area (Å²) in [7, 11) is -5.76. The molecule has 1 aliphatic rings. The third-order valence-corrected chi connectivity index (χ3v) is 16.6. The van der Waals surface area contributed by atoms with Gasteiger partial charge < -0.3 is 0 Å². The Hall–Kier alpha value is -1.43. The molecule has 0 aliphatic carbocycles. The molecular weight excluding hydrogens is 444 g/mol. The van der Waals surface area contributed by atoms with Crippen molar-refractivity contribution in [3.63, 3.8) is 0 Å². The van der Waals surface area contributed by atoms with Gasteiger partial charge in [0.2, 0.25) is 0 Å². The molecule has 0 bridgehead atoms. The van der Waals surface area contributed by atoms with Crippen LogP contribution in [0, 0.1) is 0 Å². The monoisotopic (exact) mass is 474 g/mol. The van der Waals surface area contributed by atoms with E-state index < -0.39 is 22.5 Å². The summed E-state index contributed by atoms with van der Waals surface area (Å²) in [5, 5.41) is 0. The molecule has 0 N–H and O–H groups in total. The molecule has 0 radical (unpaired) electrons. The van der Waals surface area contributed by atoms with Gasteiger partial charge in [-0.25, -0.2) is 0 Å². The SMILES string of the molecule is CCCCP1(CC)(OS(=O)(=O)C(F)(F)F)[C@H](c2ccccc2)CC[C@H]1c1ccccc1. The van der Waals surface area contributed by atoms with E-state index in [4.69, 9.17) is 3.97 Å². The summed E-state index contributed by atoms with van der Waals surface area (Å²) in [6, 6.07) is 18.7. The molecule has 0 unspecified atom stereocenters. The van der Waals surface area contributed by atoms with Crippen LogP contribution in [0.4, 0.5) is 13.2 Å². The van der Waals surface area contributed by atoms with Crippen molar-refractivity contribution in [3.05, 3.63) is 71.8 Å². The summed E-state index contributed by atoms with van der Waals surface area (Å²) in [6.45, 7) is -0.208. The average Bonchev–Trinajstić information content (AvgIpc) is 3.08. The van der Waals surface area contributed by atoms with Crippen LogP contribution in [0.25, 0.3) is 0 Å². The molecule has 2 aromatic rings. The number of benzene rings is 2. The van der Waals surface area contributed by atoms with E-state index in [2.05, 4.69) is 0 Å².